The molecular weight excluding hydrogens is 164 g/mol. The molecule has 0 amide bonds. The summed E-state index contributed by atoms with van der Waals surface area (Å²) in [5.41, 5.74) is 2.04. The van der Waals surface area contributed by atoms with Gasteiger partial charge in [-0.1, -0.05) is 13.8 Å². The molecule has 0 N–H and O–H groups in total. The van der Waals surface area contributed by atoms with Crippen LogP contribution in [0.1, 0.15) is 25.2 Å². The molecule has 13 heavy (non-hydrogen) atoms. The average Bonchev–Trinajstić information content (AvgIpc) is 2.55. The van der Waals surface area contributed by atoms with Crippen LogP contribution in [0.4, 0.5) is 0 Å². The largest absolute Gasteiger partial charge is 0.252 e. The number of aromatic nitrogens is 4. The Labute approximate surface area is 77.6 Å². The van der Waals surface area contributed by atoms with Crippen molar-refractivity contribution < 1.29 is 0 Å². The van der Waals surface area contributed by atoms with Gasteiger partial charge in [0.05, 0.1) is 0 Å². The fourth-order valence-corrected chi connectivity index (χ4v) is 1.11. The SMILES string of the molecule is CC.Cc1cc(C)n2ncnc2n1. The van der Waals surface area contributed by atoms with Crippen molar-refractivity contribution in [2.45, 2.75) is 27.7 Å². The molecule has 0 radical (unpaired) electrons. The van der Waals surface area contributed by atoms with Crippen LogP contribution < -0.4 is 0 Å². The van der Waals surface area contributed by atoms with Gasteiger partial charge >= 0.3 is 0 Å². The standard InChI is InChI=1S/C7H8N4.C2H6/c1-5-3-6(2)11-7(10-5)8-4-9-11;1-2/h3-4H,1-2H3;1-2H3. The Hall–Kier alpha value is -1.45. The summed E-state index contributed by atoms with van der Waals surface area (Å²) in [7, 11) is 0. The zero-order valence-corrected chi connectivity index (χ0v) is 8.44. The van der Waals surface area contributed by atoms with E-state index in [1.165, 1.54) is 6.33 Å². The van der Waals surface area contributed by atoms with Gasteiger partial charge in [-0.2, -0.15) is 10.1 Å². The number of hydrogen-bond acceptors (Lipinski definition) is 3. The van der Waals surface area contributed by atoms with Crippen molar-refractivity contribution in [3.05, 3.63) is 23.8 Å². The molecule has 0 aliphatic heterocycles. The van der Waals surface area contributed by atoms with Gasteiger partial charge in [-0.05, 0) is 19.9 Å². The number of hydrogen-bond donors (Lipinski definition) is 0. The highest BCUT2D eigenvalue weighted by atomic mass is 15.3. The van der Waals surface area contributed by atoms with Gasteiger partial charge in [0, 0.05) is 11.4 Å². The van der Waals surface area contributed by atoms with Crippen LogP contribution in [0.25, 0.3) is 5.78 Å². The second-order valence-electron chi connectivity index (χ2n) is 2.51. The molecule has 0 aliphatic rings. The normalized spacial score (nSPS) is 9.54. The van der Waals surface area contributed by atoms with Crippen LogP contribution in [0.15, 0.2) is 12.4 Å². The lowest BCUT2D eigenvalue weighted by atomic mass is 10.4. The fourth-order valence-electron chi connectivity index (χ4n) is 1.11. The molecule has 0 saturated heterocycles. The molecule has 0 atom stereocenters. The molecule has 4 nitrogen and oxygen atoms in total. The zero-order valence-electron chi connectivity index (χ0n) is 8.44. The van der Waals surface area contributed by atoms with Gasteiger partial charge in [0.15, 0.2) is 0 Å². The van der Waals surface area contributed by atoms with E-state index in [4.69, 9.17) is 0 Å². The molecular formula is C9H14N4. The van der Waals surface area contributed by atoms with E-state index in [1.54, 1.807) is 4.52 Å². The third-order valence-corrected chi connectivity index (χ3v) is 1.56. The summed E-state index contributed by atoms with van der Waals surface area (Å²) in [5.74, 6) is 0.669. The maximum atomic E-state index is 4.19. The van der Waals surface area contributed by atoms with E-state index in [2.05, 4.69) is 15.1 Å². The summed E-state index contributed by atoms with van der Waals surface area (Å²) < 4.78 is 1.72. The molecule has 0 unspecified atom stereocenters. The van der Waals surface area contributed by atoms with E-state index >= 15 is 0 Å². The first-order chi connectivity index (χ1) is 6.27. The Morgan fingerprint density at radius 1 is 1.23 bits per heavy atom. The first-order valence-corrected chi connectivity index (χ1v) is 4.41. The number of nitrogens with zero attached hydrogens (tertiary/aromatic N) is 4. The molecule has 0 spiro atoms. The first kappa shape index (κ1) is 9.64. The van der Waals surface area contributed by atoms with Gasteiger partial charge in [-0.15, -0.1) is 0 Å². The van der Waals surface area contributed by atoms with Crippen molar-refractivity contribution in [1.82, 2.24) is 19.6 Å². The minimum Gasteiger partial charge on any atom is -0.216 e. The number of aryl methyl sites for hydroxylation is 2. The van der Waals surface area contributed by atoms with Crippen molar-refractivity contribution in [3.63, 3.8) is 0 Å². The minimum absolute atomic E-state index is 0.669. The van der Waals surface area contributed by atoms with Crippen molar-refractivity contribution in [2.75, 3.05) is 0 Å². The highest BCUT2D eigenvalue weighted by molar-refractivity contribution is 5.28. The summed E-state index contributed by atoms with van der Waals surface area (Å²) in [6.45, 7) is 7.93. The molecule has 0 fully saturated rings. The Balaban J connectivity index is 0.000000396. The van der Waals surface area contributed by atoms with Crippen LogP contribution in [-0.4, -0.2) is 19.6 Å². The monoisotopic (exact) mass is 178 g/mol. The van der Waals surface area contributed by atoms with Gasteiger partial charge in [-0.25, -0.2) is 9.50 Å². The quantitative estimate of drug-likeness (QED) is 0.617. The second kappa shape index (κ2) is 3.98. The van der Waals surface area contributed by atoms with Crippen molar-refractivity contribution >= 4 is 5.78 Å². The highest BCUT2D eigenvalue weighted by Crippen LogP contribution is 2.01. The van der Waals surface area contributed by atoms with E-state index in [0.29, 0.717) is 5.78 Å². The Kier molecular flexibility index (Phi) is 2.95. The molecule has 0 aliphatic carbocycles. The Morgan fingerprint density at radius 2 is 1.92 bits per heavy atom. The predicted octanol–water partition coefficient (Wildman–Crippen LogP) is 1.77. The maximum absolute atomic E-state index is 4.19. The third kappa shape index (κ3) is 1.83. The third-order valence-electron chi connectivity index (χ3n) is 1.56. The van der Waals surface area contributed by atoms with Crippen LogP contribution in [-0.2, 0) is 0 Å². The smallest absolute Gasteiger partial charge is 0.216 e. The Morgan fingerprint density at radius 3 is 2.62 bits per heavy atom. The van der Waals surface area contributed by atoms with E-state index in [9.17, 15) is 0 Å². The summed E-state index contributed by atoms with van der Waals surface area (Å²) in [6.07, 6.45) is 1.51. The van der Waals surface area contributed by atoms with Gasteiger partial charge < -0.3 is 0 Å². The van der Waals surface area contributed by atoms with E-state index in [-0.39, 0.29) is 0 Å². The fraction of sp³-hybridized carbons (Fsp3) is 0.444. The lowest BCUT2D eigenvalue weighted by molar-refractivity contribution is 0.885. The predicted molar refractivity (Wildman–Crippen MR) is 51.6 cm³/mol. The lowest BCUT2D eigenvalue weighted by Gasteiger charge is -1.97. The van der Waals surface area contributed by atoms with Crippen molar-refractivity contribution in [3.8, 4) is 0 Å². The Bertz CT molecular complexity index is 391. The van der Waals surface area contributed by atoms with E-state index in [1.807, 2.05) is 33.8 Å². The molecule has 2 aromatic rings. The van der Waals surface area contributed by atoms with E-state index in [0.717, 1.165) is 11.4 Å². The summed E-state index contributed by atoms with van der Waals surface area (Å²) >= 11 is 0. The molecule has 0 aromatic carbocycles. The van der Waals surface area contributed by atoms with Crippen LogP contribution in [0.2, 0.25) is 0 Å². The maximum Gasteiger partial charge on any atom is 0.252 e. The lowest BCUT2D eigenvalue weighted by Crippen LogP contribution is -1.97. The van der Waals surface area contributed by atoms with Crippen LogP contribution in [0, 0.1) is 13.8 Å². The first-order valence-electron chi connectivity index (χ1n) is 4.41. The topological polar surface area (TPSA) is 43.1 Å². The molecule has 70 valence electrons. The summed E-state index contributed by atoms with van der Waals surface area (Å²) in [5, 5.41) is 4.00. The molecule has 4 heteroatoms. The van der Waals surface area contributed by atoms with Crippen molar-refractivity contribution in [1.29, 1.82) is 0 Å². The van der Waals surface area contributed by atoms with Gasteiger partial charge in [0.1, 0.15) is 6.33 Å². The van der Waals surface area contributed by atoms with Gasteiger partial charge in [0.2, 0.25) is 0 Å². The molecule has 0 saturated carbocycles. The van der Waals surface area contributed by atoms with Gasteiger partial charge in [-0.3, -0.25) is 0 Å². The van der Waals surface area contributed by atoms with Crippen LogP contribution in [0.5, 0.6) is 0 Å². The van der Waals surface area contributed by atoms with Gasteiger partial charge in [0.25, 0.3) is 5.78 Å². The van der Waals surface area contributed by atoms with Crippen LogP contribution in [0.3, 0.4) is 0 Å². The summed E-state index contributed by atoms with van der Waals surface area (Å²) in [4.78, 5) is 8.17. The molecule has 2 aromatic heterocycles. The number of fused-ring (bicyclic) bond motifs is 1. The molecule has 0 bridgehead atoms. The zero-order chi connectivity index (χ0) is 9.84. The average molecular weight is 178 g/mol. The van der Waals surface area contributed by atoms with Crippen molar-refractivity contribution in [2.24, 2.45) is 0 Å². The summed E-state index contributed by atoms with van der Waals surface area (Å²) in [6, 6.07) is 1.97. The highest BCUT2D eigenvalue weighted by Gasteiger charge is 1.99. The molecule has 2 heterocycles. The van der Waals surface area contributed by atoms with Crippen LogP contribution >= 0.6 is 0 Å². The minimum atomic E-state index is 0.669. The number of rotatable bonds is 0. The van der Waals surface area contributed by atoms with E-state index < -0.39 is 0 Å². The second-order valence-corrected chi connectivity index (χ2v) is 2.51. The molecule has 2 rings (SSSR count).